The second-order valence-electron chi connectivity index (χ2n) is 3.92. The molecule has 1 aromatic heterocycles. The lowest BCUT2D eigenvalue weighted by atomic mass is 9.99. The van der Waals surface area contributed by atoms with Gasteiger partial charge in [0.2, 0.25) is 0 Å². The maximum Gasteiger partial charge on any atom is 0.179 e. The van der Waals surface area contributed by atoms with Crippen molar-refractivity contribution < 1.29 is 0 Å². The molecule has 1 aliphatic heterocycles. The van der Waals surface area contributed by atoms with Gasteiger partial charge in [0.05, 0.1) is 6.54 Å². The van der Waals surface area contributed by atoms with E-state index in [0.29, 0.717) is 0 Å². The maximum absolute atomic E-state index is 4.31. The predicted octanol–water partition coefficient (Wildman–Crippen LogP) is 2.53. The van der Waals surface area contributed by atoms with E-state index < -0.39 is 0 Å². The molecule has 0 aliphatic carbocycles. The van der Waals surface area contributed by atoms with Gasteiger partial charge in [-0.1, -0.05) is 6.92 Å². The van der Waals surface area contributed by atoms with Gasteiger partial charge in [0.25, 0.3) is 0 Å². The van der Waals surface area contributed by atoms with Crippen molar-refractivity contribution >= 4 is 27.5 Å². The standard InChI is InChI=1S/C9H14BrN3S/c1-7-2-4-13(5-3-7)6-8-11-9(10)14-12-8/h7H,2-6H2,1H3. The smallest absolute Gasteiger partial charge is 0.179 e. The van der Waals surface area contributed by atoms with Crippen LogP contribution in [0.3, 0.4) is 0 Å². The van der Waals surface area contributed by atoms with Crippen molar-refractivity contribution in [3.05, 3.63) is 9.74 Å². The van der Waals surface area contributed by atoms with E-state index in [-0.39, 0.29) is 0 Å². The van der Waals surface area contributed by atoms with Gasteiger partial charge in [0, 0.05) is 0 Å². The van der Waals surface area contributed by atoms with Crippen LogP contribution in [0.1, 0.15) is 25.6 Å². The monoisotopic (exact) mass is 275 g/mol. The molecule has 0 unspecified atom stereocenters. The number of nitrogens with zero attached hydrogens (tertiary/aromatic N) is 3. The van der Waals surface area contributed by atoms with Gasteiger partial charge < -0.3 is 0 Å². The number of likely N-dealkylation sites (tertiary alicyclic amines) is 1. The second kappa shape index (κ2) is 4.68. The molecule has 1 aromatic rings. The third-order valence-corrected chi connectivity index (χ3v) is 3.84. The van der Waals surface area contributed by atoms with Gasteiger partial charge in [0.1, 0.15) is 0 Å². The molecule has 0 aromatic carbocycles. The third-order valence-electron chi connectivity index (χ3n) is 2.68. The third kappa shape index (κ3) is 2.74. The number of rotatable bonds is 2. The number of halogens is 1. The minimum atomic E-state index is 0.887. The quantitative estimate of drug-likeness (QED) is 0.831. The highest BCUT2D eigenvalue weighted by Crippen LogP contribution is 2.18. The summed E-state index contributed by atoms with van der Waals surface area (Å²) in [6, 6.07) is 0. The van der Waals surface area contributed by atoms with Crippen molar-refractivity contribution in [3.8, 4) is 0 Å². The van der Waals surface area contributed by atoms with Crippen molar-refractivity contribution in [1.29, 1.82) is 0 Å². The molecule has 5 heteroatoms. The van der Waals surface area contributed by atoms with Crippen LogP contribution in [0, 0.1) is 5.92 Å². The summed E-state index contributed by atoms with van der Waals surface area (Å²) in [4.78, 5) is 6.75. The average Bonchev–Trinajstić information content (AvgIpc) is 2.56. The van der Waals surface area contributed by atoms with Gasteiger partial charge in [-0.25, -0.2) is 4.98 Å². The van der Waals surface area contributed by atoms with E-state index in [4.69, 9.17) is 0 Å². The molecule has 0 amide bonds. The summed E-state index contributed by atoms with van der Waals surface area (Å²) in [7, 11) is 0. The normalized spacial score (nSPS) is 20.1. The Labute approximate surface area is 96.8 Å². The van der Waals surface area contributed by atoms with Crippen molar-refractivity contribution in [3.63, 3.8) is 0 Å². The molecule has 0 saturated carbocycles. The van der Waals surface area contributed by atoms with Crippen molar-refractivity contribution in [2.75, 3.05) is 13.1 Å². The Morgan fingerprint density at radius 3 is 2.79 bits per heavy atom. The zero-order chi connectivity index (χ0) is 9.97. The Morgan fingerprint density at radius 1 is 1.50 bits per heavy atom. The summed E-state index contributed by atoms with van der Waals surface area (Å²) >= 11 is 4.76. The molecular formula is C9H14BrN3S. The van der Waals surface area contributed by atoms with Crippen LogP contribution in [0.4, 0.5) is 0 Å². The van der Waals surface area contributed by atoms with Gasteiger partial charge in [0.15, 0.2) is 9.74 Å². The number of hydrogen-bond acceptors (Lipinski definition) is 4. The van der Waals surface area contributed by atoms with Crippen molar-refractivity contribution in [2.24, 2.45) is 5.92 Å². The molecule has 1 aliphatic rings. The number of hydrogen-bond donors (Lipinski definition) is 0. The lowest BCUT2D eigenvalue weighted by molar-refractivity contribution is 0.182. The summed E-state index contributed by atoms with van der Waals surface area (Å²) in [5.41, 5.74) is 0. The van der Waals surface area contributed by atoms with E-state index in [1.165, 1.54) is 37.5 Å². The zero-order valence-corrected chi connectivity index (χ0v) is 10.6. The number of piperidine rings is 1. The van der Waals surface area contributed by atoms with Gasteiger partial charge in [-0.2, -0.15) is 4.37 Å². The first-order valence-corrected chi connectivity index (χ1v) is 6.51. The van der Waals surface area contributed by atoms with E-state index >= 15 is 0 Å². The van der Waals surface area contributed by atoms with Crippen molar-refractivity contribution in [1.82, 2.24) is 14.3 Å². The molecule has 1 fully saturated rings. The molecule has 14 heavy (non-hydrogen) atoms. The van der Waals surface area contributed by atoms with E-state index in [9.17, 15) is 0 Å². The van der Waals surface area contributed by atoms with Crippen LogP contribution < -0.4 is 0 Å². The van der Waals surface area contributed by atoms with Crippen LogP contribution in [0.5, 0.6) is 0 Å². The molecular weight excluding hydrogens is 262 g/mol. The topological polar surface area (TPSA) is 29.0 Å². The first-order chi connectivity index (χ1) is 6.74. The highest BCUT2D eigenvalue weighted by Gasteiger charge is 2.16. The van der Waals surface area contributed by atoms with E-state index in [1.807, 2.05) is 0 Å². The largest absolute Gasteiger partial charge is 0.296 e. The molecule has 1 saturated heterocycles. The summed E-state index contributed by atoms with van der Waals surface area (Å²) in [5.74, 6) is 1.85. The Kier molecular flexibility index (Phi) is 3.52. The molecule has 3 nitrogen and oxygen atoms in total. The minimum absolute atomic E-state index is 0.887. The molecule has 2 rings (SSSR count). The zero-order valence-electron chi connectivity index (χ0n) is 8.24. The maximum atomic E-state index is 4.31. The highest BCUT2D eigenvalue weighted by molar-refractivity contribution is 9.11. The molecule has 78 valence electrons. The lowest BCUT2D eigenvalue weighted by Crippen LogP contribution is -2.32. The molecule has 0 bridgehead atoms. The Bertz CT molecular complexity index is 294. The second-order valence-corrected chi connectivity index (χ2v) is 5.95. The van der Waals surface area contributed by atoms with E-state index in [2.05, 4.69) is 37.1 Å². The van der Waals surface area contributed by atoms with E-state index in [1.54, 1.807) is 0 Å². The summed E-state index contributed by atoms with van der Waals surface area (Å²) in [5, 5.41) is 0. The van der Waals surface area contributed by atoms with Gasteiger partial charge in [-0.05, 0) is 59.3 Å². The van der Waals surface area contributed by atoms with Crippen LogP contribution >= 0.6 is 27.5 Å². The average molecular weight is 276 g/mol. The lowest BCUT2D eigenvalue weighted by Gasteiger charge is -2.29. The van der Waals surface area contributed by atoms with E-state index in [0.717, 1.165) is 22.2 Å². The van der Waals surface area contributed by atoms with Gasteiger partial charge in [-0.3, -0.25) is 4.90 Å². The SMILES string of the molecule is CC1CCN(Cc2nsc(Br)n2)CC1. The van der Waals surface area contributed by atoms with Gasteiger partial charge >= 0.3 is 0 Å². The predicted molar refractivity (Wildman–Crippen MR) is 61.3 cm³/mol. The summed E-state index contributed by atoms with van der Waals surface area (Å²) < 4.78 is 5.16. The fraction of sp³-hybridized carbons (Fsp3) is 0.778. The first-order valence-electron chi connectivity index (χ1n) is 4.94. The van der Waals surface area contributed by atoms with Crippen LogP contribution in [-0.2, 0) is 6.54 Å². The Balaban J connectivity index is 1.86. The highest BCUT2D eigenvalue weighted by atomic mass is 79.9. The fourth-order valence-electron chi connectivity index (χ4n) is 1.72. The molecule has 0 radical (unpaired) electrons. The first kappa shape index (κ1) is 10.5. The molecule has 0 N–H and O–H groups in total. The Hall–Kier alpha value is -0.0000000000000000555. The van der Waals surface area contributed by atoms with Gasteiger partial charge in [-0.15, -0.1) is 0 Å². The number of aromatic nitrogens is 2. The molecule has 2 heterocycles. The fourth-order valence-corrected chi connectivity index (χ4v) is 2.56. The minimum Gasteiger partial charge on any atom is -0.296 e. The van der Waals surface area contributed by atoms with Crippen LogP contribution in [0.25, 0.3) is 0 Å². The molecule has 0 atom stereocenters. The summed E-state index contributed by atoms with van der Waals surface area (Å²) in [6.07, 6.45) is 2.62. The van der Waals surface area contributed by atoms with Crippen LogP contribution in [-0.4, -0.2) is 27.3 Å². The van der Waals surface area contributed by atoms with Crippen molar-refractivity contribution in [2.45, 2.75) is 26.3 Å². The van der Waals surface area contributed by atoms with Crippen LogP contribution in [0.2, 0.25) is 0 Å². The Morgan fingerprint density at radius 2 is 2.21 bits per heavy atom. The summed E-state index contributed by atoms with van der Waals surface area (Å²) in [6.45, 7) is 5.62. The van der Waals surface area contributed by atoms with Crippen LogP contribution in [0.15, 0.2) is 3.92 Å². The molecule has 0 spiro atoms.